The fourth-order valence-electron chi connectivity index (χ4n) is 7.70. The predicted molar refractivity (Wildman–Crippen MR) is 186 cm³/mol. The Bertz CT molecular complexity index is 1900. The monoisotopic (exact) mass is 690 g/mol. The lowest BCUT2D eigenvalue weighted by Gasteiger charge is -2.43. The summed E-state index contributed by atoms with van der Waals surface area (Å²) < 4.78 is 23.8. The molecule has 0 spiro atoms. The number of fused-ring (bicyclic) bond motifs is 2. The molecule has 6 heterocycles. The van der Waals surface area contributed by atoms with Gasteiger partial charge in [0.05, 0.1) is 44.1 Å². The lowest BCUT2D eigenvalue weighted by Crippen LogP contribution is -2.52. The molecule has 1 aliphatic carbocycles. The van der Waals surface area contributed by atoms with Gasteiger partial charge < -0.3 is 19.5 Å². The number of morpholine rings is 1. The van der Waals surface area contributed by atoms with Crippen LogP contribution in [0.4, 0.5) is 11.6 Å². The molecule has 3 atom stereocenters. The van der Waals surface area contributed by atoms with Crippen LogP contribution in [-0.4, -0.2) is 93.2 Å². The highest BCUT2D eigenvalue weighted by molar-refractivity contribution is 5.67. The summed E-state index contributed by atoms with van der Waals surface area (Å²) in [6.45, 7) is 5.20. The third-order valence-electron chi connectivity index (χ3n) is 10.1. The molecule has 15 nitrogen and oxygen atoms in total. The Kier molecular flexibility index (Phi) is 9.58. The van der Waals surface area contributed by atoms with E-state index in [1.807, 2.05) is 42.2 Å². The van der Waals surface area contributed by atoms with E-state index in [-0.39, 0.29) is 6.10 Å². The molecule has 1 saturated carbocycles. The molecule has 0 amide bonds. The van der Waals surface area contributed by atoms with E-state index in [0.29, 0.717) is 72.7 Å². The van der Waals surface area contributed by atoms with Crippen LogP contribution in [0.25, 0.3) is 11.1 Å². The van der Waals surface area contributed by atoms with E-state index in [1.165, 1.54) is 19.2 Å². The Labute approximate surface area is 296 Å². The molecule has 1 unspecified atom stereocenters. The van der Waals surface area contributed by atoms with E-state index in [1.54, 1.807) is 35.7 Å². The van der Waals surface area contributed by atoms with Gasteiger partial charge in [-0.25, -0.2) is 19.6 Å². The first-order chi connectivity index (χ1) is 25.1. The number of hydrogen-bond acceptors (Lipinski definition) is 12. The second-order valence-corrected chi connectivity index (χ2v) is 13.6. The van der Waals surface area contributed by atoms with E-state index in [4.69, 9.17) is 19.3 Å². The third-order valence-corrected chi connectivity index (χ3v) is 10.1. The van der Waals surface area contributed by atoms with Crippen LogP contribution in [-0.2, 0) is 17.8 Å². The van der Waals surface area contributed by atoms with Crippen molar-refractivity contribution in [1.82, 2.24) is 49.2 Å². The van der Waals surface area contributed by atoms with Gasteiger partial charge in [0, 0.05) is 48.5 Å². The van der Waals surface area contributed by atoms with Gasteiger partial charge in [-0.2, -0.15) is 15.5 Å². The summed E-state index contributed by atoms with van der Waals surface area (Å²) in [6, 6.07) is 11.7. The van der Waals surface area contributed by atoms with Crippen molar-refractivity contribution in [2.24, 2.45) is 0 Å². The Morgan fingerprint density at radius 2 is 1.76 bits per heavy atom. The number of nitriles is 1. The fourth-order valence-corrected chi connectivity index (χ4v) is 7.70. The van der Waals surface area contributed by atoms with Gasteiger partial charge in [0.25, 0.3) is 5.88 Å². The van der Waals surface area contributed by atoms with Crippen LogP contribution in [0, 0.1) is 11.3 Å². The molecule has 0 radical (unpaired) electrons. The number of benzene rings is 1. The molecular formula is C36H42N12O3. The molecule has 3 aliphatic rings. The van der Waals surface area contributed by atoms with Crippen molar-refractivity contribution in [3.8, 4) is 28.8 Å². The molecule has 51 heavy (non-hydrogen) atoms. The number of anilines is 2. The van der Waals surface area contributed by atoms with E-state index in [9.17, 15) is 5.26 Å². The lowest BCUT2D eigenvalue weighted by molar-refractivity contribution is -0.0458. The number of rotatable bonds is 13. The van der Waals surface area contributed by atoms with Crippen LogP contribution >= 0.6 is 0 Å². The largest absolute Gasteiger partial charge is 0.487 e. The molecule has 4 aromatic heterocycles. The number of ether oxygens (including phenoxy) is 3. The molecule has 8 rings (SSSR count). The molecule has 3 fully saturated rings. The Balaban J connectivity index is 0.956. The van der Waals surface area contributed by atoms with Crippen molar-refractivity contribution in [3.05, 3.63) is 73.5 Å². The summed E-state index contributed by atoms with van der Waals surface area (Å²) >= 11 is 0. The normalized spacial score (nSPS) is 22.4. The minimum absolute atomic E-state index is 0.233. The van der Waals surface area contributed by atoms with Crippen LogP contribution in [0.15, 0.2) is 67.9 Å². The van der Waals surface area contributed by atoms with Gasteiger partial charge in [0.1, 0.15) is 42.9 Å². The first-order valence-corrected chi connectivity index (χ1v) is 17.8. The van der Waals surface area contributed by atoms with Crippen LogP contribution in [0.5, 0.6) is 11.6 Å². The molecule has 264 valence electrons. The van der Waals surface area contributed by atoms with Crippen LogP contribution in [0.3, 0.4) is 0 Å². The van der Waals surface area contributed by atoms with Crippen molar-refractivity contribution in [2.45, 2.75) is 88.8 Å². The highest BCUT2D eigenvalue weighted by atomic mass is 16.5. The lowest BCUT2D eigenvalue weighted by atomic mass is 9.89. The molecule has 1 aromatic carbocycles. The van der Waals surface area contributed by atoms with Crippen molar-refractivity contribution in [2.75, 3.05) is 25.1 Å². The summed E-state index contributed by atoms with van der Waals surface area (Å²) in [5.41, 5.74) is 2.78. The van der Waals surface area contributed by atoms with Gasteiger partial charge in [-0.15, -0.1) is 5.10 Å². The molecule has 2 saturated heterocycles. The smallest absolute Gasteiger partial charge is 0.257 e. The fraction of sp³-hybridized carbons (Fsp3) is 0.472. The van der Waals surface area contributed by atoms with Crippen molar-refractivity contribution >= 4 is 11.6 Å². The van der Waals surface area contributed by atoms with E-state index < -0.39 is 0 Å². The molecule has 2 aliphatic heterocycles. The first-order valence-electron chi connectivity index (χ1n) is 17.8. The zero-order chi connectivity index (χ0) is 34.6. The SMILES string of the molecule is CC(Cn1cncn1)Oc1cc(-c2cnc(Nc3cn(C4CCC(N5[C@@H]6CC[C@H]5COC6)CC4)nc3OCCn3cccn3)nc2)ccc1C#N. The predicted octanol–water partition coefficient (Wildman–Crippen LogP) is 4.64. The van der Waals surface area contributed by atoms with Gasteiger partial charge in [-0.3, -0.25) is 14.3 Å². The Morgan fingerprint density at radius 3 is 2.49 bits per heavy atom. The topological polar surface area (TPSA) is 159 Å². The van der Waals surface area contributed by atoms with Crippen molar-refractivity contribution in [3.63, 3.8) is 0 Å². The third kappa shape index (κ3) is 7.42. The summed E-state index contributed by atoms with van der Waals surface area (Å²) in [7, 11) is 0. The van der Waals surface area contributed by atoms with Crippen LogP contribution < -0.4 is 14.8 Å². The van der Waals surface area contributed by atoms with E-state index in [2.05, 4.69) is 46.1 Å². The average molecular weight is 691 g/mol. The molecular weight excluding hydrogens is 648 g/mol. The molecule has 2 bridgehead atoms. The maximum atomic E-state index is 9.70. The number of nitrogens with zero attached hydrogens (tertiary/aromatic N) is 11. The van der Waals surface area contributed by atoms with E-state index >= 15 is 0 Å². The minimum Gasteiger partial charge on any atom is -0.487 e. The van der Waals surface area contributed by atoms with Gasteiger partial charge in [0.15, 0.2) is 0 Å². The highest BCUT2D eigenvalue weighted by Crippen LogP contribution is 2.39. The summed E-state index contributed by atoms with van der Waals surface area (Å²) in [5.74, 6) is 1.42. The summed E-state index contributed by atoms with van der Waals surface area (Å²) in [6.07, 6.45) is 19.0. The minimum atomic E-state index is -0.233. The maximum Gasteiger partial charge on any atom is 0.257 e. The molecule has 1 N–H and O–H groups in total. The van der Waals surface area contributed by atoms with Gasteiger partial charge in [-0.05, 0) is 69.2 Å². The quantitative estimate of drug-likeness (QED) is 0.183. The number of hydrogen-bond donors (Lipinski definition) is 1. The average Bonchev–Trinajstić information content (AvgIpc) is 3.98. The Hall–Kier alpha value is -5.33. The second kappa shape index (κ2) is 14.9. The molecule has 5 aromatic rings. The standard InChI is InChI=1S/C36H42N12O3/c1-25(19-46-24-38-23-42-46)51-34-15-26(3-4-27(34)16-37)28-17-39-36(40-18-28)43-33-20-47(44-35(33)50-14-13-45-12-2-11-41-45)29-5-7-30(8-6-29)48-31-9-10-32(48)22-49-21-31/h2-4,11-12,15,17-18,20,23-25,29-32H,5-10,13-14,19,21-22H2,1H3,(H,39,40,43)/t25?,29?,30?,31-,32+. The zero-order valence-corrected chi connectivity index (χ0v) is 28.7. The van der Waals surface area contributed by atoms with E-state index in [0.717, 1.165) is 50.0 Å². The van der Waals surface area contributed by atoms with Gasteiger partial charge in [0.2, 0.25) is 5.95 Å². The first kappa shape index (κ1) is 32.9. The molecule has 15 heteroatoms. The number of aromatic nitrogens is 9. The summed E-state index contributed by atoms with van der Waals surface area (Å²) in [4.78, 5) is 16.0. The Morgan fingerprint density at radius 1 is 0.980 bits per heavy atom. The number of nitrogens with one attached hydrogen (secondary N) is 1. The zero-order valence-electron chi connectivity index (χ0n) is 28.7. The van der Waals surface area contributed by atoms with Gasteiger partial charge in [-0.1, -0.05) is 6.07 Å². The van der Waals surface area contributed by atoms with Crippen LogP contribution in [0.1, 0.15) is 57.1 Å². The highest BCUT2D eigenvalue weighted by Gasteiger charge is 2.42. The summed E-state index contributed by atoms with van der Waals surface area (Å²) in [5, 5.41) is 26.4. The van der Waals surface area contributed by atoms with Crippen LogP contribution in [0.2, 0.25) is 0 Å². The van der Waals surface area contributed by atoms with Crippen molar-refractivity contribution in [1.29, 1.82) is 5.26 Å². The van der Waals surface area contributed by atoms with Gasteiger partial charge >= 0.3 is 0 Å². The second-order valence-electron chi connectivity index (χ2n) is 13.6. The van der Waals surface area contributed by atoms with Crippen molar-refractivity contribution < 1.29 is 14.2 Å². The maximum absolute atomic E-state index is 9.70.